The molecule has 0 fully saturated rings. The standard InChI is InChI=1S/C10H11BrClF2N/c1-15(6-10(13)14)5-7-2-3-8(11)4-9(7)12/h2-4,10H,5-6H2,1H3. The van der Waals surface area contributed by atoms with Crippen molar-refractivity contribution in [2.75, 3.05) is 13.6 Å². The summed E-state index contributed by atoms with van der Waals surface area (Å²) in [6.07, 6.45) is -2.32. The fourth-order valence-electron chi connectivity index (χ4n) is 1.24. The summed E-state index contributed by atoms with van der Waals surface area (Å²) in [6.45, 7) is 0.183. The second kappa shape index (κ2) is 5.77. The van der Waals surface area contributed by atoms with Crippen LogP contribution in [0, 0.1) is 0 Å². The molecular formula is C10H11BrClF2N. The summed E-state index contributed by atoms with van der Waals surface area (Å²) in [4.78, 5) is 1.54. The second-order valence-corrected chi connectivity index (χ2v) is 4.65. The minimum absolute atomic E-state index is 0.244. The first kappa shape index (κ1) is 12.9. The maximum atomic E-state index is 12.1. The van der Waals surface area contributed by atoms with Crippen molar-refractivity contribution < 1.29 is 8.78 Å². The quantitative estimate of drug-likeness (QED) is 0.817. The van der Waals surface area contributed by atoms with Crippen LogP contribution in [0.3, 0.4) is 0 Å². The highest BCUT2D eigenvalue weighted by molar-refractivity contribution is 9.10. The number of hydrogen-bond donors (Lipinski definition) is 0. The van der Waals surface area contributed by atoms with Crippen molar-refractivity contribution in [2.45, 2.75) is 13.0 Å². The van der Waals surface area contributed by atoms with Crippen molar-refractivity contribution in [3.8, 4) is 0 Å². The SMILES string of the molecule is CN(Cc1ccc(Br)cc1Cl)CC(F)F. The van der Waals surface area contributed by atoms with Crippen LogP contribution in [0.25, 0.3) is 0 Å². The van der Waals surface area contributed by atoms with Crippen molar-refractivity contribution in [1.82, 2.24) is 4.90 Å². The summed E-state index contributed by atoms with van der Waals surface area (Å²) in [5, 5.41) is 0.588. The monoisotopic (exact) mass is 297 g/mol. The van der Waals surface area contributed by atoms with Crippen LogP contribution >= 0.6 is 27.5 Å². The molecule has 0 aromatic heterocycles. The Bertz CT molecular complexity index is 333. The van der Waals surface area contributed by atoms with E-state index in [1.807, 2.05) is 12.1 Å². The third-order valence-corrected chi connectivity index (χ3v) is 2.75. The van der Waals surface area contributed by atoms with E-state index in [0.717, 1.165) is 10.0 Å². The molecule has 0 heterocycles. The van der Waals surface area contributed by atoms with Gasteiger partial charge in [-0.25, -0.2) is 8.78 Å². The summed E-state index contributed by atoms with van der Waals surface area (Å²) in [7, 11) is 1.64. The molecule has 84 valence electrons. The van der Waals surface area contributed by atoms with E-state index in [-0.39, 0.29) is 6.54 Å². The van der Waals surface area contributed by atoms with E-state index >= 15 is 0 Å². The first-order valence-electron chi connectivity index (χ1n) is 4.39. The average Bonchev–Trinajstić information content (AvgIpc) is 2.08. The van der Waals surface area contributed by atoms with Crippen LogP contribution in [0.2, 0.25) is 5.02 Å². The van der Waals surface area contributed by atoms with Crippen LogP contribution in [0.15, 0.2) is 22.7 Å². The number of halogens is 4. The van der Waals surface area contributed by atoms with Gasteiger partial charge in [-0.05, 0) is 24.7 Å². The lowest BCUT2D eigenvalue weighted by molar-refractivity contribution is 0.0975. The lowest BCUT2D eigenvalue weighted by Gasteiger charge is -2.16. The number of benzene rings is 1. The highest BCUT2D eigenvalue weighted by atomic mass is 79.9. The molecule has 0 atom stereocenters. The molecule has 0 amide bonds. The molecule has 0 radical (unpaired) electrons. The zero-order valence-electron chi connectivity index (χ0n) is 8.18. The van der Waals surface area contributed by atoms with Crippen molar-refractivity contribution in [2.24, 2.45) is 0 Å². The van der Waals surface area contributed by atoms with Gasteiger partial charge in [0.25, 0.3) is 6.43 Å². The summed E-state index contributed by atoms with van der Waals surface area (Å²) in [6, 6.07) is 5.43. The molecule has 1 rings (SSSR count). The molecule has 0 aliphatic carbocycles. The van der Waals surface area contributed by atoms with Crippen LogP contribution in [0.1, 0.15) is 5.56 Å². The van der Waals surface area contributed by atoms with Gasteiger partial charge >= 0.3 is 0 Å². The van der Waals surface area contributed by atoms with E-state index < -0.39 is 6.43 Å². The third-order valence-electron chi connectivity index (χ3n) is 1.91. The first-order chi connectivity index (χ1) is 6.99. The summed E-state index contributed by atoms with van der Waals surface area (Å²) in [5.74, 6) is 0. The molecule has 0 aliphatic rings. The van der Waals surface area contributed by atoms with Crippen molar-refractivity contribution in [1.29, 1.82) is 0 Å². The van der Waals surface area contributed by atoms with Gasteiger partial charge in [-0.15, -0.1) is 0 Å². The molecule has 5 heteroatoms. The average molecular weight is 299 g/mol. The van der Waals surface area contributed by atoms with E-state index in [1.54, 1.807) is 18.0 Å². The molecular weight excluding hydrogens is 287 g/mol. The minimum Gasteiger partial charge on any atom is -0.296 e. The zero-order valence-corrected chi connectivity index (χ0v) is 10.5. The molecule has 1 aromatic rings. The van der Waals surface area contributed by atoms with E-state index in [4.69, 9.17) is 11.6 Å². The molecule has 1 nitrogen and oxygen atoms in total. The largest absolute Gasteiger partial charge is 0.296 e. The van der Waals surface area contributed by atoms with Crippen molar-refractivity contribution in [3.63, 3.8) is 0 Å². The number of hydrogen-bond acceptors (Lipinski definition) is 1. The predicted octanol–water partition coefficient (Wildman–Crippen LogP) is 3.80. The van der Waals surface area contributed by atoms with Gasteiger partial charge in [0.15, 0.2) is 0 Å². The Labute approximate surface area is 101 Å². The van der Waals surface area contributed by atoms with Crippen LogP contribution in [0.4, 0.5) is 8.78 Å². The zero-order chi connectivity index (χ0) is 11.4. The molecule has 0 spiro atoms. The number of rotatable bonds is 4. The molecule has 0 unspecified atom stereocenters. The van der Waals surface area contributed by atoms with Gasteiger partial charge in [0.05, 0.1) is 6.54 Å². The van der Waals surface area contributed by atoms with Crippen LogP contribution in [0.5, 0.6) is 0 Å². The summed E-state index contributed by atoms with van der Waals surface area (Å²) in [5.41, 5.74) is 0.850. The fraction of sp³-hybridized carbons (Fsp3) is 0.400. The smallest absolute Gasteiger partial charge is 0.251 e. The van der Waals surface area contributed by atoms with E-state index in [0.29, 0.717) is 11.6 Å². The Morgan fingerprint density at radius 3 is 2.67 bits per heavy atom. The molecule has 0 saturated carbocycles. The van der Waals surface area contributed by atoms with Crippen LogP contribution in [-0.2, 0) is 6.54 Å². The lowest BCUT2D eigenvalue weighted by Crippen LogP contribution is -2.24. The molecule has 0 aliphatic heterocycles. The Kier molecular flexibility index (Phi) is 4.96. The van der Waals surface area contributed by atoms with Gasteiger partial charge in [-0.2, -0.15) is 0 Å². The van der Waals surface area contributed by atoms with Gasteiger partial charge in [-0.1, -0.05) is 33.6 Å². The maximum Gasteiger partial charge on any atom is 0.251 e. The fourth-order valence-corrected chi connectivity index (χ4v) is 1.97. The molecule has 0 N–H and O–H groups in total. The molecule has 1 aromatic carbocycles. The Morgan fingerprint density at radius 1 is 1.47 bits per heavy atom. The molecule has 15 heavy (non-hydrogen) atoms. The summed E-state index contributed by atoms with van der Waals surface area (Å²) >= 11 is 9.25. The number of alkyl halides is 2. The van der Waals surface area contributed by atoms with Gasteiger partial charge in [0.1, 0.15) is 0 Å². The van der Waals surface area contributed by atoms with E-state index in [9.17, 15) is 8.78 Å². The highest BCUT2D eigenvalue weighted by Gasteiger charge is 2.09. The van der Waals surface area contributed by atoms with Crippen molar-refractivity contribution >= 4 is 27.5 Å². The lowest BCUT2D eigenvalue weighted by atomic mass is 10.2. The molecule has 0 bridgehead atoms. The first-order valence-corrected chi connectivity index (χ1v) is 5.56. The Hall–Kier alpha value is -0.190. The van der Waals surface area contributed by atoms with E-state index in [2.05, 4.69) is 15.9 Å². The second-order valence-electron chi connectivity index (χ2n) is 3.32. The minimum atomic E-state index is -2.32. The summed E-state index contributed by atoms with van der Waals surface area (Å²) < 4.78 is 25.0. The Balaban J connectivity index is 2.64. The van der Waals surface area contributed by atoms with Crippen LogP contribution < -0.4 is 0 Å². The number of nitrogens with zero attached hydrogens (tertiary/aromatic N) is 1. The van der Waals surface area contributed by atoms with Crippen molar-refractivity contribution in [3.05, 3.63) is 33.3 Å². The van der Waals surface area contributed by atoms with Crippen LogP contribution in [-0.4, -0.2) is 24.9 Å². The van der Waals surface area contributed by atoms with Gasteiger partial charge in [0.2, 0.25) is 0 Å². The van der Waals surface area contributed by atoms with Gasteiger partial charge in [0, 0.05) is 16.0 Å². The highest BCUT2D eigenvalue weighted by Crippen LogP contribution is 2.22. The van der Waals surface area contributed by atoms with Gasteiger partial charge < -0.3 is 0 Å². The maximum absolute atomic E-state index is 12.1. The predicted molar refractivity (Wildman–Crippen MR) is 61.5 cm³/mol. The Morgan fingerprint density at radius 2 is 2.13 bits per heavy atom. The van der Waals surface area contributed by atoms with Gasteiger partial charge in [-0.3, -0.25) is 4.90 Å². The third kappa shape index (κ3) is 4.45. The normalized spacial score (nSPS) is 11.4. The topological polar surface area (TPSA) is 3.24 Å². The molecule has 0 saturated heterocycles. The van der Waals surface area contributed by atoms with E-state index in [1.165, 1.54) is 0 Å².